The standard InChI is InChI=1S/C33H46BrFN8O2/c1-7-20(3)38-29-22(8-2)24-28(21(4)25(29)34)39-32(45-19-33-12-9-16-43(33)17-10-13-33)40-30(24)42-15-11-14-37-23(18-42)26(35)27(36)31(44)41(5)6/h8,20H,7,9-19,36H2,1-6H3/b22-8-,27-26+,38-29?. The zero-order valence-corrected chi connectivity index (χ0v) is 29.0. The third-order valence-electron chi connectivity index (χ3n) is 9.45. The molecular weight excluding hydrogens is 639 g/mol. The summed E-state index contributed by atoms with van der Waals surface area (Å²) in [7, 11) is 3.08. The monoisotopic (exact) mass is 684 g/mol. The molecule has 10 nitrogen and oxygen atoms in total. The Morgan fingerprint density at radius 1 is 1.22 bits per heavy atom. The highest BCUT2D eigenvalue weighted by molar-refractivity contribution is 9.12. The predicted octanol–water partition coefficient (Wildman–Crippen LogP) is 5.15. The van der Waals surface area contributed by atoms with E-state index in [0.717, 1.165) is 64.9 Å². The number of nitrogens with two attached hydrogens (primary N) is 1. The van der Waals surface area contributed by atoms with Crippen molar-refractivity contribution in [3.05, 3.63) is 33.3 Å². The number of aromatic nitrogens is 2. The fourth-order valence-electron chi connectivity index (χ4n) is 6.73. The van der Waals surface area contributed by atoms with Crippen molar-refractivity contribution in [3.63, 3.8) is 0 Å². The average molecular weight is 686 g/mol. The minimum absolute atomic E-state index is 0.0301. The van der Waals surface area contributed by atoms with Crippen LogP contribution in [0.1, 0.15) is 77.5 Å². The fourth-order valence-corrected chi connectivity index (χ4v) is 7.24. The SMILES string of the molecule is C/C=C1\C(=NC(C)CC)C(Br)=C(C)c2nc(OCC34CCCN3CCC4)nc(N3CCCN=C(/C(F)=C(\N)C(=O)N(C)C)C3)c21. The number of carbonyl (C=O) groups is 1. The van der Waals surface area contributed by atoms with Gasteiger partial charge in [0.15, 0.2) is 5.83 Å². The first-order valence-corrected chi connectivity index (χ1v) is 16.9. The van der Waals surface area contributed by atoms with Gasteiger partial charge in [-0.25, -0.2) is 4.39 Å². The molecule has 4 aliphatic rings. The first kappa shape index (κ1) is 33.2. The topological polar surface area (TPSA) is 113 Å². The molecule has 0 spiro atoms. The number of halogens is 2. The average Bonchev–Trinajstić information content (AvgIpc) is 3.52. The van der Waals surface area contributed by atoms with Crippen LogP contribution in [0.25, 0.3) is 11.1 Å². The molecule has 2 N–H and O–H groups in total. The van der Waals surface area contributed by atoms with E-state index in [1.807, 2.05) is 24.8 Å². The Morgan fingerprint density at radius 2 is 1.93 bits per heavy atom. The molecule has 1 unspecified atom stereocenters. The van der Waals surface area contributed by atoms with Gasteiger partial charge in [0.1, 0.15) is 18.1 Å². The minimum Gasteiger partial charge on any atom is -0.461 e. The molecule has 1 aromatic heterocycles. The Labute approximate surface area is 274 Å². The minimum atomic E-state index is -0.800. The summed E-state index contributed by atoms with van der Waals surface area (Å²) in [5.41, 5.74) is 9.96. The first-order valence-electron chi connectivity index (χ1n) is 16.1. The Bertz CT molecular complexity index is 1490. The van der Waals surface area contributed by atoms with Gasteiger partial charge in [0.25, 0.3) is 5.91 Å². The van der Waals surface area contributed by atoms with Gasteiger partial charge >= 0.3 is 6.01 Å². The third kappa shape index (κ3) is 6.45. The van der Waals surface area contributed by atoms with Crippen LogP contribution >= 0.6 is 15.9 Å². The number of carbonyl (C=O) groups excluding carboxylic acids is 1. The van der Waals surface area contributed by atoms with Gasteiger partial charge in [0.05, 0.1) is 34.8 Å². The zero-order valence-electron chi connectivity index (χ0n) is 27.4. The van der Waals surface area contributed by atoms with Crippen molar-refractivity contribution in [2.24, 2.45) is 15.7 Å². The van der Waals surface area contributed by atoms with Gasteiger partial charge < -0.3 is 20.3 Å². The van der Waals surface area contributed by atoms with Gasteiger partial charge in [-0.15, -0.1) is 0 Å². The van der Waals surface area contributed by atoms with E-state index in [-0.39, 0.29) is 23.8 Å². The van der Waals surface area contributed by atoms with Crippen LogP contribution in [-0.4, -0.2) is 102 Å². The number of amides is 1. The smallest absolute Gasteiger partial charge is 0.319 e. The number of anilines is 1. The van der Waals surface area contributed by atoms with Crippen LogP contribution in [-0.2, 0) is 4.79 Å². The highest BCUT2D eigenvalue weighted by atomic mass is 79.9. The number of ether oxygens (including phenoxy) is 1. The molecule has 2 fully saturated rings. The number of hydrogen-bond acceptors (Lipinski definition) is 9. The molecule has 5 rings (SSSR count). The number of hydrogen-bond donors (Lipinski definition) is 1. The molecule has 0 saturated carbocycles. The summed E-state index contributed by atoms with van der Waals surface area (Å²) in [4.78, 5) is 38.0. The maximum Gasteiger partial charge on any atom is 0.319 e. The van der Waals surface area contributed by atoms with E-state index in [1.165, 1.54) is 17.7 Å². The molecule has 244 valence electrons. The Hall–Kier alpha value is -3.12. The van der Waals surface area contributed by atoms with Crippen molar-refractivity contribution in [1.82, 2.24) is 19.8 Å². The molecular formula is C33H46BrFN8O2. The lowest BCUT2D eigenvalue weighted by atomic mass is 9.89. The molecule has 45 heavy (non-hydrogen) atoms. The lowest BCUT2D eigenvalue weighted by Gasteiger charge is -2.33. The van der Waals surface area contributed by atoms with Crippen LogP contribution in [0.4, 0.5) is 10.2 Å². The van der Waals surface area contributed by atoms with Crippen molar-refractivity contribution in [1.29, 1.82) is 0 Å². The molecule has 4 heterocycles. The van der Waals surface area contributed by atoms with Crippen LogP contribution in [0.15, 0.2) is 32.1 Å². The van der Waals surface area contributed by atoms with E-state index in [2.05, 4.69) is 39.7 Å². The third-order valence-corrected chi connectivity index (χ3v) is 10.4. The van der Waals surface area contributed by atoms with Gasteiger partial charge in [-0.2, -0.15) is 9.97 Å². The molecule has 2 saturated heterocycles. The highest BCUT2D eigenvalue weighted by Gasteiger charge is 2.45. The van der Waals surface area contributed by atoms with Crippen molar-refractivity contribution >= 4 is 50.2 Å². The molecule has 12 heteroatoms. The van der Waals surface area contributed by atoms with Crippen molar-refractivity contribution in [3.8, 4) is 6.01 Å². The second kappa shape index (κ2) is 13.7. The maximum absolute atomic E-state index is 15.7. The van der Waals surface area contributed by atoms with Gasteiger partial charge in [-0.3, -0.25) is 19.7 Å². The van der Waals surface area contributed by atoms with E-state index in [9.17, 15) is 4.79 Å². The summed E-state index contributed by atoms with van der Waals surface area (Å²) >= 11 is 3.85. The molecule has 3 aliphatic heterocycles. The van der Waals surface area contributed by atoms with Crippen molar-refractivity contribution in [2.75, 3.05) is 58.3 Å². The van der Waals surface area contributed by atoms with Crippen molar-refractivity contribution < 1.29 is 13.9 Å². The second-order valence-corrected chi connectivity index (χ2v) is 13.5. The molecule has 1 aliphatic carbocycles. The van der Waals surface area contributed by atoms with E-state index in [1.54, 1.807) is 14.1 Å². The lowest BCUT2D eigenvalue weighted by Crippen LogP contribution is -2.43. The normalized spacial score (nSPS) is 23.0. The van der Waals surface area contributed by atoms with E-state index in [0.29, 0.717) is 37.9 Å². The fraction of sp³-hybridized carbons (Fsp3) is 0.606. The summed E-state index contributed by atoms with van der Waals surface area (Å²) in [5, 5.41) is 0. The number of allylic oxidation sites excluding steroid dienone is 4. The number of nitrogens with zero attached hydrogens (tertiary/aromatic N) is 7. The molecule has 0 aromatic carbocycles. The molecule has 1 amide bonds. The predicted molar refractivity (Wildman–Crippen MR) is 183 cm³/mol. The molecule has 0 radical (unpaired) electrons. The van der Waals surface area contributed by atoms with Gasteiger partial charge in [-0.1, -0.05) is 13.0 Å². The Kier molecular flexibility index (Phi) is 10.1. The highest BCUT2D eigenvalue weighted by Crippen LogP contribution is 2.44. The number of fused-ring (bicyclic) bond motifs is 2. The summed E-state index contributed by atoms with van der Waals surface area (Å²) in [6.45, 7) is 12.0. The summed E-state index contributed by atoms with van der Waals surface area (Å²) in [6, 6.07) is 0.410. The van der Waals surface area contributed by atoms with Gasteiger partial charge in [0.2, 0.25) is 0 Å². The van der Waals surface area contributed by atoms with Crippen LogP contribution < -0.4 is 15.4 Å². The number of aliphatic imine (C=N–C) groups is 2. The molecule has 0 bridgehead atoms. The Morgan fingerprint density at radius 3 is 2.58 bits per heavy atom. The summed E-state index contributed by atoms with van der Waals surface area (Å²) < 4.78 is 23.1. The molecule has 1 atom stereocenters. The number of rotatable bonds is 8. The lowest BCUT2D eigenvalue weighted by molar-refractivity contribution is -0.124. The first-order chi connectivity index (χ1) is 21.5. The van der Waals surface area contributed by atoms with E-state index < -0.39 is 17.4 Å². The summed E-state index contributed by atoms with van der Waals surface area (Å²) in [5.74, 6) is -0.766. The molecule has 1 aromatic rings. The maximum atomic E-state index is 15.7. The van der Waals surface area contributed by atoms with Crippen molar-refractivity contribution in [2.45, 2.75) is 77.8 Å². The number of likely N-dealkylation sites (N-methyl/N-ethyl adjacent to an activating group) is 1. The van der Waals surface area contributed by atoms with Crippen LogP contribution in [0.2, 0.25) is 0 Å². The summed E-state index contributed by atoms with van der Waals surface area (Å²) in [6.07, 6.45) is 8.17. The van der Waals surface area contributed by atoms with Gasteiger partial charge in [0, 0.05) is 43.3 Å². The zero-order chi connectivity index (χ0) is 32.5. The van der Waals surface area contributed by atoms with E-state index in [4.69, 9.17) is 25.4 Å². The Balaban J connectivity index is 1.62. The van der Waals surface area contributed by atoms with Crippen LogP contribution in [0, 0.1) is 0 Å². The van der Waals surface area contributed by atoms with E-state index >= 15 is 4.39 Å². The second-order valence-electron chi connectivity index (χ2n) is 12.7. The quantitative estimate of drug-likeness (QED) is 0.377. The van der Waals surface area contributed by atoms with Crippen LogP contribution in [0.5, 0.6) is 6.01 Å². The largest absolute Gasteiger partial charge is 0.461 e. The van der Waals surface area contributed by atoms with Gasteiger partial charge in [-0.05, 0) is 93.9 Å². The van der Waals surface area contributed by atoms with Crippen LogP contribution in [0.3, 0.4) is 0 Å².